The van der Waals surface area contributed by atoms with Gasteiger partial charge in [0, 0.05) is 37.8 Å². The van der Waals surface area contributed by atoms with Crippen LogP contribution < -0.4 is 5.32 Å². The Bertz CT molecular complexity index is 316. The van der Waals surface area contributed by atoms with E-state index in [0.29, 0.717) is 0 Å². The van der Waals surface area contributed by atoms with E-state index >= 15 is 0 Å². The Balaban J connectivity index is 2.10. The van der Waals surface area contributed by atoms with Gasteiger partial charge in [0.2, 0.25) is 0 Å². The minimum Gasteiger partial charge on any atom is -0.380 e. The van der Waals surface area contributed by atoms with Crippen molar-refractivity contribution in [2.45, 2.75) is 13.5 Å². The van der Waals surface area contributed by atoms with E-state index in [1.54, 1.807) is 0 Å². The minimum absolute atomic E-state index is 0.789. The molecule has 0 spiro atoms. The Labute approximate surface area is 115 Å². The molecule has 0 aliphatic carbocycles. The van der Waals surface area contributed by atoms with Gasteiger partial charge >= 0.3 is 0 Å². The topological polar surface area (TPSA) is 24.5 Å². The maximum atomic E-state index is 5.86. The lowest BCUT2D eigenvalue weighted by atomic mass is 10.2. The maximum absolute atomic E-state index is 5.86. The molecule has 0 heterocycles. The summed E-state index contributed by atoms with van der Waals surface area (Å²) in [5, 5.41) is 4.15. The Morgan fingerprint density at radius 3 is 2.61 bits per heavy atom. The van der Waals surface area contributed by atoms with E-state index < -0.39 is 0 Å². The average molecular weight is 271 g/mol. The summed E-state index contributed by atoms with van der Waals surface area (Å²) in [6.07, 6.45) is 0. The normalized spacial score (nSPS) is 11.1. The van der Waals surface area contributed by atoms with Crippen LogP contribution in [-0.4, -0.2) is 44.8 Å². The Kier molecular flexibility index (Phi) is 8.01. The molecular formula is C14H23ClN2O. The monoisotopic (exact) mass is 270 g/mol. The molecule has 0 fully saturated rings. The molecule has 18 heavy (non-hydrogen) atoms. The van der Waals surface area contributed by atoms with Gasteiger partial charge in [0.1, 0.15) is 0 Å². The second kappa shape index (κ2) is 9.34. The Morgan fingerprint density at radius 1 is 1.22 bits per heavy atom. The predicted molar refractivity (Wildman–Crippen MR) is 77.1 cm³/mol. The second-order valence-electron chi connectivity index (χ2n) is 4.31. The summed E-state index contributed by atoms with van der Waals surface area (Å²) in [5.74, 6) is 0. The lowest BCUT2D eigenvalue weighted by Crippen LogP contribution is -2.30. The van der Waals surface area contributed by atoms with E-state index in [2.05, 4.69) is 29.4 Å². The highest BCUT2D eigenvalue weighted by molar-refractivity contribution is 6.30. The summed E-state index contributed by atoms with van der Waals surface area (Å²) in [5.41, 5.74) is 1.29. The quantitative estimate of drug-likeness (QED) is 0.698. The van der Waals surface area contributed by atoms with Crippen LogP contribution in [0.2, 0.25) is 5.02 Å². The molecule has 0 aliphatic rings. The van der Waals surface area contributed by atoms with Crippen LogP contribution in [0.5, 0.6) is 0 Å². The third-order valence-corrected chi connectivity index (χ3v) is 2.92. The standard InChI is InChI=1S/C14H23ClN2O/c1-3-18-11-9-16-8-10-17(2)12-13-4-6-14(15)7-5-13/h4-7,16H,3,8-12H2,1-2H3. The first-order valence-corrected chi connectivity index (χ1v) is 6.81. The Morgan fingerprint density at radius 2 is 1.94 bits per heavy atom. The zero-order chi connectivity index (χ0) is 13.2. The van der Waals surface area contributed by atoms with E-state index in [0.717, 1.165) is 44.4 Å². The smallest absolute Gasteiger partial charge is 0.0590 e. The van der Waals surface area contributed by atoms with Crippen molar-refractivity contribution < 1.29 is 4.74 Å². The second-order valence-corrected chi connectivity index (χ2v) is 4.75. The van der Waals surface area contributed by atoms with Crippen molar-refractivity contribution in [3.8, 4) is 0 Å². The third kappa shape index (κ3) is 6.97. The number of hydrogen-bond acceptors (Lipinski definition) is 3. The first kappa shape index (κ1) is 15.4. The van der Waals surface area contributed by atoms with Crippen LogP contribution in [0.25, 0.3) is 0 Å². The number of halogens is 1. The predicted octanol–water partition coefficient (Wildman–Crippen LogP) is 2.40. The third-order valence-electron chi connectivity index (χ3n) is 2.66. The fourth-order valence-corrected chi connectivity index (χ4v) is 1.79. The molecular weight excluding hydrogens is 248 g/mol. The van der Waals surface area contributed by atoms with E-state index in [9.17, 15) is 0 Å². The number of rotatable bonds is 9. The van der Waals surface area contributed by atoms with Gasteiger partial charge < -0.3 is 15.0 Å². The largest absolute Gasteiger partial charge is 0.380 e. The molecule has 1 aromatic rings. The van der Waals surface area contributed by atoms with E-state index in [-0.39, 0.29) is 0 Å². The lowest BCUT2D eigenvalue weighted by molar-refractivity contribution is 0.148. The van der Waals surface area contributed by atoms with Crippen LogP contribution >= 0.6 is 11.6 Å². The Hall–Kier alpha value is -0.610. The number of nitrogens with one attached hydrogen (secondary N) is 1. The summed E-state index contributed by atoms with van der Waals surface area (Å²) >= 11 is 5.86. The highest BCUT2D eigenvalue weighted by Gasteiger charge is 2.00. The fraction of sp³-hybridized carbons (Fsp3) is 0.571. The number of ether oxygens (including phenoxy) is 1. The van der Waals surface area contributed by atoms with Crippen molar-refractivity contribution in [3.05, 3.63) is 34.9 Å². The molecule has 4 heteroatoms. The molecule has 0 saturated carbocycles. The molecule has 0 atom stereocenters. The molecule has 1 rings (SSSR count). The van der Waals surface area contributed by atoms with E-state index in [4.69, 9.17) is 16.3 Å². The van der Waals surface area contributed by atoms with Gasteiger partial charge in [-0.3, -0.25) is 0 Å². The van der Waals surface area contributed by atoms with Crippen LogP contribution in [0, 0.1) is 0 Å². The van der Waals surface area contributed by atoms with Gasteiger partial charge in [0.05, 0.1) is 6.61 Å². The molecule has 1 aromatic carbocycles. The van der Waals surface area contributed by atoms with Gasteiger partial charge in [0.15, 0.2) is 0 Å². The van der Waals surface area contributed by atoms with Crippen LogP contribution in [0.4, 0.5) is 0 Å². The molecule has 0 radical (unpaired) electrons. The van der Waals surface area contributed by atoms with Crippen LogP contribution in [0.15, 0.2) is 24.3 Å². The van der Waals surface area contributed by atoms with Gasteiger partial charge in [-0.1, -0.05) is 23.7 Å². The van der Waals surface area contributed by atoms with Crippen molar-refractivity contribution in [1.29, 1.82) is 0 Å². The zero-order valence-corrected chi connectivity index (χ0v) is 12.0. The van der Waals surface area contributed by atoms with Crippen LogP contribution in [0.3, 0.4) is 0 Å². The lowest BCUT2D eigenvalue weighted by Gasteiger charge is -2.17. The van der Waals surface area contributed by atoms with Crippen molar-refractivity contribution in [2.75, 3.05) is 39.9 Å². The highest BCUT2D eigenvalue weighted by atomic mass is 35.5. The first-order chi connectivity index (χ1) is 8.72. The van der Waals surface area contributed by atoms with Gasteiger partial charge in [0.25, 0.3) is 0 Å². The van der Waals surface area contributed by atoms with E-state index in [1.165, 1.54) is 5.56 Å². The van der Waals surface area contributed by atoms with Crippen molar-refractivity contribution in [3.63, 3.8) is 0 Å². The van der Waals surface area contributed by atoms with Gasteiger partial charge in [-0.15, -0.1) is 0 Å². The molecule has 3 nitrogen and oxygen atoms in total. The minimum atomic E-state index is 0.789. The van der Waals surface area contributed by atoms with Gasteiger partial charge in [-0.25, -0.2) is 0 Å². The summed E-state index contributed by atoms with van der Waals surface area (Å²) in [7, 11) is 2.12. The molecule has 0 unspecified atom stereocenters. The molecule has 1 N–H and O–H groups in total. The summed E-state index contributed by atoms with van der Waals surface area (Å²) in [6, 6.07) is 8.01. The molecule has 0 aromatic heterocycles. The van der Waals surface area contributed by atoms with Gasteiger partial charge in [-0.2, -0.15) is 0 Å². The molecule has 0 saturated heterocycles. The molecule has 0 aliphatic heterocycles. The highest BCUT2D eigenvalue weighted by Crippen LogP contribution is 2.10. The average Bonchev–Trinajstić information content (AvgIpc) is 2.36. The summed E-state index contributed by atoms with van der Waals surface area (Å²) in [4.78, 5) is 2.29. The zero-order valence-electron chi connectivity index (χ0n) is 11.3. The van der Waals surface area contributed by atoms with Crippen molar-refractivity contribution in [2.24, 2.45) is 0 Å². The van der Waals surface area contributed by atoms with Crippen molar-refractivity contribution in [1.82, 2.24) is 10.2 Å². The van der Waals surface area contributed by atoms with Crippen LogP contribution in [0.1, 0.15) is 12.5 Å². The first-order valence-electron chi connectivity index (χ1n) is 6.44. The molecule has 0 bridgehead atoms. The maximum Gasteiger partial charge on any atom is 0.0590 e. The summed E-state index contributed by atoms with van der Waals surface area (Å²) < 4.78 is 5.26. The number of likely N-dealkylation sites (N-methyl/N-ethyl adjacent to an activating group) is 1. The number of hydrogen-bond donors (Lipinski definition) is 1. The van der Waals surface area contributed by atoms with Crippen LogP contribution in [-0.2, 0) is 11.3 Å². The molecule has 102 valence electrons. The van der Waals surface area contributed by atoms with E-state index in [1.807, 2.05) is 19.1 Å². The molecule has 0 amide bonds. The summed E-state index contributed by atoms with van der Waals surface area (Å²) in [6.45, 7) is 7.47. The number of benzene rings is 1. The van der Waals surface area contributed by atoms with Gasteiger partial charge in [-0.05, 0) is 31.7 Å². The van der Waals surface area contributed by atoms with Crippen molar-refractivity contribution >= 4 is 11.6 Å². The fourth-order valence-electron chi connectivity index (χ4n) is 1.66. The number of nitrogens with zero attached hydrogens (tertiary/aromatic N) is 1. The SMILES string of the molecule is CCOCCNCCN(C)Cc1ccc(Cl)cc1.